The van der Waals surface area contributed by atoms with Crippen LogP contribution in [0.2, 0.25) is 18.1 Å². The second-order valence-electron chi connectivity index (χ2n) is 15.3. The van der Waals surface area contributed by atoms with E-state index in [9.17, 15) is 10.2 Å². The van der Waals surface area contributed by atoms with Crippen molar-refractivity contribution in [3.63, 3.8) is 0 Å². The first kappa shape index (κ1) is 31.6. The fraction of sp³-hybridized carbons (Fsp3) is 0.824. The highest BCUT2D eigenvalue weighted by atomic mass is 32.2. The number of aliphatic hydroxyl groups is 2. The molecule has 0 saturated heterocycles. The zero-order chi connectivity index (χ0) is 29.0. The Morgan fingerprint density at radius 1 is 1.13 bits per heavy atom. The van der Waals surface area contributed by atoms with Gasteiger partial charge in [-0.3, -0.25) is 0 Å². The van der Waals surface area contributed by atoms with Crippen LogP contribution in [-0.2, 0) is 4.43 Å². The standard InChI is InChI=1S/C34H58O3SSi/c1-11-34(36,12-2)19-20-38-23(3)27-15-16-28-26-14-13-24-21-25(35)22-30(37-39(9,10)31(4,5)6)33(24,8)29(26)17-18-32(27,28)7/h13-15,23,25,28-30,35-36H,11-12,16-22H2,1-10H3/t23-,25+,28-,29-,30-,32+,33-/m0/s1. The Kier molecular flexibility index (Phi) is 8.96. The smallest absolute Gasteiger partial charge is 0.192 e. The Labute approximate surface area is 245 Å². The largest absolute Gasteiger partial charge is 0.413 e. The number of allylic oxidation sites excluding steroid dienone is 4. The molecular weight excluding hydrogens is 517 g/mol. The molecule has 39 heavy (non-hydrogen) atoms. The van der Waals surface area contributed by atoms with Crippen LogP contribution in [-0.4, -0.2) is 47.3 Å². The fourth-order valence-electron chi connectivity index (χ4n) is 8.09. The fourth-order valence-corrected chi connectivity index (χ4v) is 10.9. The number of hydrogen-bond acceptors (Lipinski definition) is 4. The first-order valence-corrected chi connectivity index (χ1v) is 19.8. The van der Waals surface area contributed by atoms with Crippen LogP contribution in [0.25, 0.3) is 0 Å². The monoisotopic (exact) mass is 574 g/mol. The van der Waals surface area contributed by atoms with E-state index in [0.717, 1.165) is 44.3 Å². The van der Waals surface area contributed by atoms with Crippen LogP contribution in [0.4, 0.5) is 0 Å². The van der Waals surface area contributed by atoms with Gasteiger partial charge in [0.15, 0.2) is 8.32 Å². The van der Waals surface area contributed by atoms with Gasteiger partial charge in [0.25, 0.3) is 0 Å². The summed E-state index contributed by atoms with van der Waals surface area (Å²) in [5.74, 6) is 2.08. The average molecular weight is 575 g/mol. The van der Waals surface area contributed by atoms with Gasteiger partial charge in [0.2, 0.25) is 0 Å². The van der Waals surface area contributed by atoms with Crippen molar-refractivity contribution in [2.75, 3.05) is 5.75 Å². The van der Waals surface area contributed by atoms with Crippen molar-refractivity contribution < 1.29 is 14.6 Å². The number of aliphatic hydroxyl groups excluding tert-OH is 1. The van der Waals surface area contributed by atoms with Crippen LogP contribution >= 0.6 is 11.8 Å². The molecule has 0 unspecified atom stereocenters. The molecule has 0 bridgehead atoms. The van der Waals surface area contributed by atoms with Crippen LogP contribution < -0.4 is 0 Å². The minimum atomic E-state index is -1.99. The van der Waals surface area contributed by atoms with Crippen molar-refractivity contribution in [1.29, 1.82) is 0 Å². The Balaban J connectivity index is 1.55. The number of hydrogen-bond donors (Lipinski definition) is 2. The molecule has 2 saturated carbocycles. The zero-order valence-corrected chi connectivity index (χ0v) is 28.5. The van der Waals surface area contributed by atoms with E-state index in [1.807, 2.05) is 11.8 Å². The summed E-state index contributed by atoms with van der Waals surface area (Å²) in [4.78, 5) is 0. The maximum atomic E-state index is 10.9. The summed E-state index contributed by atoms with van der Waals surface area (Å²) in [5.41, 5.74) is 4.37. The van der Waals surface area contributed by atoms with Crippen molar-refractivity contribution in [2.45, 2.75) is 148 Å². The van der Waals surface area contributed by atoms with Gasteiger partial charge in [-0.05, 0) is 99.4 Å². The molecule has 3 nitrogen and oxygen atoms in total. The third kappa shape index (κ3) is 5.58. The van der Waals surface area contributed by atoms with E-state index in [0.29, 0.717) is 17.1 Å². The molecule has 2 N–H and O–H groups in total. The van der Waals surface area contributed by atoms with Crippen LogP contribution in [0.3, 0.4) is 0 Å². The lowest BCUT2D eigenvalue weighted by Crippen LogP contribution is -2.57. The molecule has 0 aromatic rings. The lowest BCUT2D eigenvalue weighted by atomic mass is 9.49. The van der Waals surface area contributed by atoms with Gasteiger partial charge < -0.3 is 14.6 Å². The van der Waals surface area contributed by atoms with Crippen LogP contribution in [0.1, 0.15) is 107 Å². The van der Waals surface area contributed by atoms with Crippen molar-refractivity contribution in [3.05, 3.63) is 34.9 Å². The van der Waals surface area contributed by atoms with Crippen molar-refractivity contribution in [1.82, 2.24) is 0 Å². The topological polar surface area (TPSA) is 49.7 Å². The molecule has 4 aliphatic rings. The first-order valence-electron chi connectivity index (χ1n) is 15.8. The van der Waals surface area contributed by atoms with Gasteiger partial charge in [-0.1, -0.05) is 83.4 Å². The second kappa shape index (κ2) is 11.1. The quantitative estimate of drug-likeness (QED) is 0.213. The van der Waals surface area contributed by atoms with Crippen molar-refractivity contribution in [2.24, 2.45) is 22.7 Å². The molecule has 5 heteroatoms. The van der Waals surface area contributed by atoms with Gasteiger partial charge in [0.05, 0.1) is 17.8 Å². The Morgan fingerprint density at radius 2 is 1.79 bits per heavy atom. The number of thioether (sulfide) groups is 1. The third-order valence-electron chi connectivity index (χ3n) is 12.2. The third-order valence-corrected chi connectivity index (χ3v) is 17.9. The molecule has 0 aliphatic heterocycles. The van der Waals surface area contributed by atoms with Gasteiger partial charge in [-0.15, -0.1) is 0 Å². The zero-order valence-electron chi connectivity index (χ0n) is 26.7. The number of fused-ring (bicyclic) bond motifs is 5. The van der Waals surface area contributed by atoms with Crippen LogP contribution in [0.15, 0.2) is 34.9 Å². The van der Waals surface area contributed by atoms with E-state index in [2.05, 4.69) is 86.7 Å². The van der Waals surface area contributed by atoms with Gasteiger partial charge in [-0.2, -0.15) is 11.8 Å². The molecule has 2 fully saturated rings. The normalized spacial score (nSPS) is 35.8. The van der Waals surface area contributed by atoms with Crippen molar-refractivity contribution >= 4 is 20.1 Å². The molecule has 4 aliphatic carbocycles. The summed E-state index contributed by atoms with van der Waals surface area (Å²) >= 11 is 2.04. The summed E-state index contributed by atoms with van der Waals surface area (Å²) < 4.78 is 7.20. The molecule has 0 radical (unpaired) electrons. The maximum Gasteiger partial charge on any atom is 0.192 e. The molecular formula is C34H58O3SSi. The van der Waals surface area contributed by atoms with E-state index in [-0.39, 0.29) is 28.1 Å². The predicted molar refractivity (Wildman–Crippen MR) is 171 cm³/mol. The van der Waals surface area contributed by atoms with Gasteiger partial charge in [0, 0.05) is 10.7 Å². The lowest BCUT2D eigenvalue weighted by Gasteiger charge is -2.58. The summed E-state index contributed by atoms with van der Waals surface area (Å²) in [7, 11) is -1.99. The van der Waals surface area contributed by atoms with E-state index >= 15 is 0 Å². The molecule has 7 atom stereocenters. The van der Waals surface area contributed by atoms with Crippen LogP contribution in [0, 0.1) is 22.7 Å². The second-order valence-corrected chi connectivity index (χ2v) is 21.5. The molecule has 222 valence electrons. The molecule has 0 aromatic heterocycles. The summed E-state index contributed by atoms with van der Waals surface area (Å²) in [5, 5.41) is 22.3. The van der Waals surface area contributed by atoms with E-state index < -0.39 is 13.9 Å². The highest BCUT2D eigenvalue weighted by molar-refractivity contribution is 8.00. The number of rotatable bonds is 9. The first-order chi connectivity index (χ1) is 18.0. The average Bonchev–Trinajstić information content (AvgIpc) is 3.21. The van der Waals surface area contributed by atoms with E-state index in [4.69, 9.17) is 4.43 Å². The maximum absolute atomic E-state index is 10.9. The Hall–Kier alpha value is -0.333. The minimum Gasteiger partial charge on any atom is -0.413 e. The molecule has 4 rings (SSSR count). The molecule has 0 heterocycles. The highest BCUT2D eigenvalue weighted by Gasteiger charge is 2.58. The SMILES string of the molecule is CCC(O)(CC)CCS[C@@H](C)C1=CC[C@H]2C3=CC=C4C[C@@H](O)C[C@H](O[Si](C)(C)C(C)(C)C)[C@]4(C)[C@H]3CC[C@]12C. The summed E-state index contributed by atoms with van der Waals surface area (Å²) in [6.45, 7) is 23.3. The van der Waals surface area contributed by atoms with Gasteiger partial charge in [0.1, 0.15) is 0 Å². The Morgan fingerprint density at radius 3 is 2.41 bits per heavy atom. The highest BCUT2D eigenvalue weighted by Crippen LogP contribution is 2.65. The Bertz CT molecular complexity index is 1000. The summed E-state index contributed by atoms with van der Waals surface area (Å²) in [6, 6.07) is 0. The minimum absolute atomic E-state index is 0.0337. The summed E-state index contributed by atoms with van der Waals surface area (Å²) in [6.07, 6.45) is 14.8. The molecule has 0 amide bonds. The molecule has 0 spiro atoms. The lowest BCUT2D eigenvalue weighted by molar-refractivity contribution is -0.0417. The van der Waals surface area contributed by atoms with Crippen molar-refractivity contribution in [3.8, 4) is 0 Å². The predicted octanol–water partition coefficient (Wildman–Crippen LogP) is 8.83. The van der Waals surface area contributed by atoms with Crippen LogP contribution in [0.5, 0.6) is 0 Å². The van der Waals surface area contributed by atoms with Gasteiger partial charge >= 0.3 is 0 Å². The van der Waals surface area contributed by atoms with E-state index in [1.54, 1.807) is 11.1 Å². The van der Waals surface area contributed by atoms with E-state index in [1.165, 1.54) is 18.4 Å². The van der Waals surface area contributed by atoms with Gasteiger partial charge in [-0.25, -0.2) is 0 Å². The molecule has 0 aromatic carbocycles.